The Labute approximate surface area is 341 Å². The van der Waals surface area contributed by atoms with Crippen molar-refractivity contribution < 1.29 is 104 Å². The van der Waals surface area contributed by atoms with Crippen LogP contribution < -0.4 is 74.1 Å². The van der Waals surface area contributed by atoms with E-state index in [1.165, 1.54) is 18.7 Å². The number of aromatic hydroxyl groups is 1. The number of carbonyl (C=O) groups excluding carboxylic acids is 3. The standard InChI is InChI=1S/C36H44O8S2.2Na.H2O/c1-5-7-30-31(17-16-29(24(4)37)35(30)43)44-18-6-19-45-27-12-10-26(11-13-27)36(23(3)21-33(40)41)46-28-14-8-25(9-15-28)34(42)22(2)20-32(38)39;;;/h8-17,22-23,34,36,42-43H,5-7,18-21H2,1-4H3,(H,38,39)(H,40,41);;;1H2/q;2*+1;/p-2. The molecule has 4 unspecified atom stereocenters. The second-order valence-corrected chi connectivity index (χ2v) is 13.9. The summed E-state index contributed by atoms with van der Waals surface area (Å²) in [6.07, 6.45) is 0.918. The van der Waals surface area contributed by atoms with Gasteiger partial charge in [0.1, 0.15) is 11.5 Å². The quantitative estimate of drug-likeness (QED) is 0.0653. The average molecular weight is 731 g/mol. The second kappa shape index (κ2) is 23.9. The molecule has 3 aromatic rings. The molecule has 3 aromatic carbocycles. The minimum atomic E-state index is -1.21. The summed E-state index contributed by atoms with van der Waals surface area (Å²) >= 11 is 3.21. The van der Waals surface area contributed by atoms with E-state index in [2.05, 4.69) is 0 Å². The van der Waals surface area contributed by atoms with Crippen LogP contribution in [0.4, 0.5) is 0 Å². The Morgan fingerprint density at radius 2 is 1.39 bits per heavy atom. The van der Waals surface area contributed by atoms with Gasteiger partial charge in [-0.15, -0.1) is 23.5 Å². The largest absolute Gasteiger partial charge is 1.00 e. The zero-order chi connectivity index (χ0) is 33.8. The number of carboxylic acid groups (broad SMARTS) is 2. The third-order valence-corrected chi connectivity index (χ3v) is 10.3. The summed E-state index contributed by atoms with van der Waals surface area (Å²) in [7, 11) is 0. The topological polar surface area (TPSA) is 179 Å². The maximum absolute atomic E-state index is 11.8. The van der Waals surface area contributed by atoms with Crippen molar-refractivity contribution >= 4 is 41.2 Å². The van der Waals surface area contributed by atoms with Crippen LogP contribution in [0.2, 0.25) is 0 Å². The molecule has 4 atom stereocenters. The van der Waals surface area contributed by atoms with Gasteiger partial charge < -0.3 is 40.2 Å². The Balaban J connectivity index is 0.00000768. The SMILES string of the molecule is CCCc1c(OCCCSc2ccc(C(Sc3ccc(C(O)C(C)CC(=O)[O-])cc3)C(C)CC(=O)[O-])cc2)ccc(C(C)=O)c1O.O.[Na+].[Na+]. The van der Waals surface area contributed by atoms with Crippen LogP contribution in [0.3, 0.4) is 0 Å². The van der Waals surface area contributed by atoms with Crippen LogP contribution in [0, 0.1) is 11.8 Å². The van der Waals surface area contributed by atoms with Crippen molar-refractivity contribution in [1.82, 2.24) is 0 Å². The molecule has 256 valence electrons. The van der Waals surface area contributed by atoms with Gasteiger partial charge in [-0.05, 0) is 92.0 Å². The van der Waals surface area contributed by atoms with Gasteiger partial charge in [0.15, 0.2) is 5.78 Å². The van der Waals surface area contributed by atoms with E-state index in [0.29, 0.717) is 35.5 Å². The molecule has 0 heterocycles. The molecule has 0 saturated heterocycles. The molecule has 3 rings (SSSR count). The zero-order valence-electron chi connectivity index (χ0n) is 29.2. The number of aliphatic carboxylic acids is 2. The number of carbonyl (C=O) groups is 3. The van der Waals surface area contributed by atoms with Crippen molar-refractivity contribution in [2.45, 2.75) is 80.9 Å². The minimum absolute atomic E-state index is 0. The molecule has 0 bridgehead atoms. The molecule has 13 heteroatoms. The van der Waals surface area contributed by atoms with Crippen molar-refractivity contribution in [3.8, 4) is 11.5 Å². The van der Waals surface area contributed by atoms with Crippen LogP contribution in [0.25, 0.3) is 0 Å². The van der Waals surface area contributed by atoms with E-state index < -0.39 is 24.0 Å². The summed E-state index contributed by atoms with van der Waals surface area (Å²) in [5.41, 5.74) is 2.56. The van der Waals surface area contributed by atoms with Crippen LogP contribution in [-0.4, -0.2) is 45.8 Å². The Morgan fingerprint density at radius 1 is 0.837 bits per heavy atom. The Morgan fingerprint density at radius 3 is 1.94 bits per heavy atom. The summed E-state index contributed by atoms with van der Waals surface area (Å²) in [5, 5.41) is 43.3. The van der Waals surface area contributed by atoms with Crippen LogP contribution in [-0.2, 0) is 16.0 Å². The van der Waals surface area contributed by atoms with E-state index in [1.807, 2.05) is 50.2 Å². The number of ether oxygens (including phenoxy) is 1. The molecule has 49 heavy (non-hydrogen) atoms. The Bertz CT molecular complexity index is 1470. The van der Waals surface area contributed by atoms with Crippen LogP contribution in [0.5, 0.6) is 11.5 Å². The van der Waals surface area contributed by atoms with Crippen LogP contribution in [0.15, 0.2) is 70.5 Å². The van der Waals surface area contributed by atoms with Crippen molar-refractivity contribution in [3.05, 3.63) is 82.9 Å². The summed E-state index contributed by atoms with van der Waals surface area (Å²) in [6.45, 7) is 7.44. The molecule has 0 radical (unpaired) electrons. The molecule has 0 saturated carbocycles. The van der Waals surface area contributed by atoms with E-state index >= 15 is 0 Å². The fourth-order valence-electron chi connectivity index (χ4n) is 5.19. The van der Waals surface area contributed by atoms with Gasteiger partial charge in [0.05, 0.1) is 18.3 Å². The molecule has 0 aliphatic carbocycles. The van der Waals surface area contributed by atoms with Gasteiger partial charge in [-0.25, -0.2) is 0 Å². The first kappa shape index (κ1) is 47.5. The van der Waals surface area contributed by atoms with Gasteiger partial charge in [-0.1, -0.05) is 51.5 Å². The molecule has 9 nitrogen and oxygen atoms in total. The van der Waals surface area contributed by atoms with E-state index in [0.717, 1.165) is 33.9 Å². The van der Waals surface area contributed by atoms with Gasteiger partial charge in [0.25, 0.3) is 0 Å². The van der Waals surface area contributed by atoms with Gasteiger partial charge >= 0.3 is 59.1 Å². The molecule has 0 aliphatic heterocycles. The molecule has 0 spiro atoms. The molecular formula is C36H44Na2O9S2. The van der Waals surface area contributed by atoms with Gasteiger partial charge in [-0.2, -0.15) is 0 Å². The van der Waals surface area contributed by atoms with Crippen molar-refractivity contribution in [3.63, 3.8) is 0 Å². The van der Waals surface area contributed by atoms with E-state index in [1.54, 1.807) is 43.0 Å². The second-order valence-electron chi connectivity index (χ2n) is 11.5. The smallest absolute Gasteiger partial charge is 0.550 e. The minimum Gasteiger partial charge on any atom is -0.550 e. The van der Waals surface area contributed by atoms with E-state index in [-0.39, 0.29) is 100 Å². The number of thioether (sulfide) groups is 2. The summed E-state index contributed by atoms with van der Waals surface area (Å²) in [5.74, 6) is -1.82. The van der Waals surface area contributed by atoms with E-state index in [9.17, 15) is 34.8 Å². The summed E-state index contributed by atoms with van der Waals surface area (Å²) in [4.78, 5) is 36.1. The number of phenols is 1. The first-order valence-corrected chi connectivity index (χ1v) is 17.3. The number of hydrogen-bond acceptors (Lipinski definition) is 10. The molecule has 0 aromatic heterocycles. The first-order valence-electron chi connectivity index (χ1n) is 15.5. The number of benzene rings is 3. The zero-order valence-corrected chi connectivity index (χ0v) is 34.8. The summed E-state index contributed by atoms with van der Waals surface area (Å²) in [6, 6.07) is 18.7. The molecule has 4 N–H and O–H groups in total. The van der Waals surface area contributed by atoms with Crippen molar-refractivity contribution in [2.24, 2.45) is 11.8 Å². The number of aliphatic hydroxyl groups is 1. The van der Waals surface area contributed by atoms with E-state index in [4.69, 9.17) is 4.74 Å². The first-order chi connectivity index (χ1) is 21.9. The number of hydrogen-bond donors (Lipinski definition) is 2. The maximum Gasteiger partial charge on any atom is 1.00 e. The predicted molar refractivity (Wildman–Crippen MR) is 181 cm³/mol. The van der Waals surface area contributed by atoms with Crippen molar-refractivity contribution in [1.29, 1.82) is 0 Å². The van der Waals surface area contributed by atoms with Gasteiger partial charge in [0.2, 0.25) is 0 Å². The number of rotatable bonds is 19. The van der Waals surface area contributed by atoms with Crippen molar-refractivity contribution in [2.75, 3.05) is 12.4 Å². The Kier molecular flexibility index (Phi) is 23.1. The molecule has 0 amide bonds. The Hall–Kier alpha value is -1.51. The maximum atomic E-state index is 11.8. The third kappa shape index (κ3) is 14.9. The number of ketones is 1. The van der Waals surface area contributed by atoms with Gasteiger partial charge in [-0.3, -0.25) is 4.79 Å². The monoisotopic (exact) mass is 730 g/mol. The number of carboxylic acids is 2. The fourth-order valence-corrected chi connectivity index (χ4v) is 7.22. The van der Waals surface area contributed by atoms with Gasteiger partial charge in [0, 0.05) is 38.3 Å². The number of phenolic OH excluding ortho intramolecular Hbond substituents is 1. The van der Waals surface area contributed by atoms with Crippen LogP contribution >= 0.6 is 23.5 Å². The van der Waals surface area contributed by atoms with Crippen LogP contribution in [0.1, 0.15) is 91.8 Å². The predicted octanol–water partition coefficient (Wildman–Crippen LogP) is -1.29. The molecular weight excluding hydrogens is 687 g/mol. The molecule has 0 fully saturated rings. The summed E-state index contributed by atoms with van der Waals surface area (Å²) < 4.78 is 5.98. The normalized spacial score (nSPS) is 13.0. The fraction of sp³-hybridized carbons (Fsp3) is 0.417. The third-order valence-electron chi connectivity index (χ3n) is 7.66. The molecule has 0 aliphatic rings. The average Bonchev–Trinajstić information content (AvgIpc) is 3.00. The number of Topliss-reactive ketones (excluding diaryl/α,β-unsaturated/α-hetero) is 1. The number of aliphatic hydroxyl groups excluding tert-OH is 1.